The maximum atomic E-state index is 12.8. The molecule has 0 spiro atoms. The molecule has 8 atom stereocenters. The average molecular weight is 457 g/mol. The first kappa shape index (κ1) is 25.0. The van der Waals surface area contributed by atoms with Gasteiger partial charge in [-0.3, -0.25) is 9.59 Å². The topological polar surface area (TPSA) is 54.4 Å². The summed E-state index contributed by atoms with van der Waals surface area (Å²) in [4.78, 5) is 24.0. The SMILES string of the molecule is C[C@H](CCC[C@H](C)[C@@H]1CC[C@]2(C)C3=CC[C@@H]4C(C)(C)C(=O)CC[C@]4(C)[C@H]3CC[C@@]12C)C(=O)O. The van der Waals surface area contributed by atoms with Crippen molar-refractivity contribution in [2.45, 2.75) is 113 Å². The molecule has 0 aromatic heterocycles. The Morgan fingerprint density at radius 2 is 1.76 bits per heavy atom. The number of carbonyl (C=O) groups is 2. The number of hydrogen-bond donors (Lipinski definition) is 1. The van der Waals surface area contributed by atoms with Crippen LogP contribution >= 0.6 is 0 Å². The monoisotopic (exact) mass is 456 g/mol. The molecule has 0 bridgehead atoms. The van der Waals surface area contributed by atoms with Crippen LogP contribution in [0.15, 0.2) is 11.6 Å². The van der Waals surface area contributed by atoms with E-state index in [4.69, 9.17) is 0 Å². The van der Waals surface area contributed by atoms with Gasteiger partial charge >= 0.3 is 5.97 Å². The summed E-state index contributed by atoms with van der Waals surface area (Å²) in [7, 11) is 0. The Hall–Kier alpha value is -1.12. The lowest BCUT2D eigenvalue weighted by atomic mass is 9.41. The van der Waals surface area contributed by atoms with Crippen LogP contribution in [-0.4, -0.2) is 16.9 Å². The number of carboxylic acid groups (broad SMARTS) is 1. The molecule has 4 rings (SSSR count). The Kier molecular flexibility index (Phi) is 6.23. The van der Waals surface area contributed by atoms with Gasteiger partial charge in [-0.05, 0) is 84.9 Å². The Bertz CT molecular complexity index is 839. The van der Waals surface area contributed by atoms with Crippen LogP contribution in [0.1, 0.15) is 113 Å². The smallest absolute Gasteiger partial charge is 0.306 e. The highest BCUT2D eigenvalue weighted by atomic mass is 16.4. The van der Waals surface area contributed by atoms with Gasteiger partial charge in [-0.2, -0.15) is 0 Å². The second-order valence-electron chi connectivity index (χ2n) is 13.7. The minimum atomic E-state index is -0.662. The van der Waals surface area contributed by atoms with Crippen molar-refractivity contribution in [3.8, 4) is 0 Å². The van der Waals surface area contributed by atoms with Crippen LogP contribution in [0.5, 0.6) is 0 Å². The van der Waals surface area contributed by atoms with Crippen molar-refractivity contribution < 1.29 is 14.7 Å². The van der Waals surface area contributed by atoms with E-state index in [1.54, 1.807) is 5.57 Å². The predicted molar refractivity (Wildman–Crippen MR) is 134 cm³/mol. The molecule has 0 unspecified atom stereocenters. The summed E-state index contributed by atoms with van der Waals surface area (Å²) in [5.74, 6) is 2.05. The lowest BCUT2D eigenvalue weighted by molar-refractivity contribution is -0.146. The maximum absolute atomic E-state index is 12.8. The van der Waals surface area contributed by atoms with Crippen LogP contribution in [0.4, 0.5) is 0 Å². The summed E-state index contributed by atoms with van der Waals surface area (Å²) in [6.07, 6.45) is 13.6. The number of hydrogen-bond acceptors (Lipinski definition) is 2. The van der Waals surface area contributed by atoms with Gasteiger partial charge < -0.3 is 5.11 Å². The second kappa shape index (κ2) is 8.23. The molecule has 3 nitrogen and oxygen atoms in total. The highest BCUT2D eigenvalue weighted by molar-refractivity contribution is 5.85. The number of fused-ring (bicyclic) bond motifs is 5. The summed E-state index contributed by atoms with van der Waals surface area (Å²) in [5.41, 5.74) is 2.40. The molecule has 0 aromatic carbocycles. The van der Waals surface area contributed by atoms with Crippen LogP contribution in [0, 0.1) is 51.2 Å². The predicted octanol–water partition coefficient (Wildman–Crippen LogP) is 7.69. The first-order chi connectivity index (χ1) is 15.3. The summed E-state index contributed by atoms with van der Waals surface area (Å²) in [5, 5.41) is 9.22. The van der Waals surface area contributed by atoms with Gasteiger partial charge in [0.05, 0.1) is 5.92 Å². The lowest BCUT2D eigenvalue weighted by Gasteiger charge is -2.63. The number of rotatable bonds is 6. The number of carbonyl (C=O) groups excluding carboxylic acids is 1. The standard InChI is InChI=1S/C30H48O3/c1-19(9-8-10-20(2)26(32)33)21-13-17-30(7)23-11-12-24-27(3,4)25(31)15-16-28(24,5)22(23)14-18-29(21,30)6/h11,19-22,24H,8-10,12-18H2,1-7H3,(H,32,33)/t19-,20+,21-,22-,24+,28+,29-,30+/m0/s1. The molecular formula is C30H48O3. The third-order valence-electron chi connectivity index (χ3n) is 12.1. The third-order valence-corrected chi connectivity index (χ3v) is 12.1. The van der Waals surface area contributed by atoms with Gasteiger partial charge in [0.2, 0.25) is 0 Å². The molecule has 0 aliphatic heterocycles. The van der Waals surface area contributed by atoms with E-state index in [-0.39, 0.29) is 22.2 Å². The van der Waals surface area contributed by atoms with E-state index in [0.29, 0.717) is 29.0 Å². The highest BCUT2D eigenvalue weighted by Gasteiger charge is 2.65. The summed E-state index contributed by atoms with van der Waals surface area (Å²) in [6.45, 7) is 16.4. The molecule has 1 N–H and O–H groups in total. The highest BCUT2D eigenvalue weighted by Crippen LogP contribution is 2.73. The van der Waals surface area contributed by atoms with Crippen molar-refractivity contribution in [2.24, 2.45) is 51.2 Å². The fourth-order valence-corrected chi connectivity index (χ4v) is 9.54. The van der Waals surface area contributed by atoms with Gasteiger partial charge in [-0.25, -0.2) is 0 Å². The van der Waals surface area contributed by atoms with Crippen molar-refractivity contribution in [1.29, 1.82) is 0 Å². The van der Waals surface area contributed by atoms with Crippen LogP contribution in [0.3, 0.4) is 0 Å². The van der Waals surface area contributed by atoms with Crippen molar-refractivity contribution in [3.05, 3.63) is 11.6 Å². The average Bonchev–Trinajstić information content (AvgIpc) is 3.02. The Labute approximate surface area is 202 Å². The molecule has 0 heterocycles. The summed E-state index contributed by atoms with van der Waals surface area (Å²) in [6, 6.07) is 0. The normalized spacial score (nSPS) is 43.7. The van der Waals surface area contributed by atoms with Gasteiger partial charge in [-0.1, -0.05) is 73.0 Å². The number of allylic oxidation sites excluding steroid dienone is 2. The van der Waals surface area contributed by atoms with E-state index < -0.39 is 5.97 Å². The lowest BCUT2D eigenvalue weighted by Crippen LogP contribution is -2.57. The third kappa shape index (κ3) is 3.57. The van der Waals surface area contributed by atoms with Crippen molar-refractivity contribution in [3.63, 3.8) is 0 Å². The van der Waals surface area contributed by atoms with Gasteiger partial charge in [0.25, 0.3) is 0 Å². The number of carboxylic acids is 1. The van der Waals surface area contributed by atoms with Crippen molar-refractivity contribution >= 4 is 11.8 Å². The number of Topliss-reactive ketones (excluding diaryl/α,β-unsaturated/α-hetero) is 1. The zero-order valence-electron chi connectivity index (χ0n) is 22.3. The molecule has 33 heavy (non-hydrogen) atoms. The summed E-state index contributed by atoms with van der Waals surface area (Å²) >= 11 is 0. The minimum absolute atomic E-state index is 0.198. The van der Waals surface area contributed by atoms with E-state index >= 15 is 0 Å². The zero-order chi connectivity index (χ0) is 24.4. The van der Waals surface area contributed by atoms with Gasteiger partial charge in [-0.15, -0.1) is 0 Å². The molecule has 3 heteroatoms. The second-order valence-corrected chi connectivity index (χ2v) is 13.7. The Morgan fingerprint density at radius 1 is 1.06 bits per heavy atom. The van der Waals surface area contributed by atoms with E-state index in [0.717, 1.165) is 44.4 Å². The van der Waals surface area contributed by atoms with E-state index in [2.05, 4.69) is 47.6 Å². The first-order valence-electron chi connectivity index (χ1n) is 13.8. The van der Waals surface area contributed by atoms with Crippen LogP contribution < -0.4 is 0 Å². The molecule has 0 amide bonds. The quantitative estimate of drug-likeness (QED) is 0.417. The molecule has 4 aliphatic rings. The van der Waals surface area contributed by atoms with E-state index in [9.17, 15) is 14.7 Å². The number of ketones is 1. The molecule has 0 radical (unpaired) electrons. The zero-order valence-corrected chi connectivity index (χ0v) is 22.3. The fourth-order valence-electron chi connectivity index (χ4n) is 9.54. The van der Waals surface area contributed by atoms with Gasteiger partial charge in [0.15, 0.2) is 0 Å². The van der Waals surface area contributed by atoms with Crippen molar-refractivity contribution in [1.82, 2.24) is 0 Å². The molecular weight excluding hydrogens is 408 g/mol. The minimum Gasteiger partial charge on any atom is -0.481 e. The molecule has 186 valence electrons. The Balaban J connectivity index is 1.56. The molecule has 4 aliphatic carbocycles. The van der Waals surface area contributed by atoms with E-state index in [1.807, 2.05) is 6.92 Å². The maximum Gasteiger partial charge on any atom is 0.306 e. The van der Waals surface area contributed by atoms with Crippen LogP contribution in [0.25, 0.3) is 0 Å². The van der Waals surface area contributed by atoms with Gasteiger partial charge in [0.1, 0.15) is 5.78 Å². The first-order valence-corrected chi connectivity index (χ1v) is 13.8. The van der Waals surface area contributed by atoms with E-state index in [1.165, 1.54) is 25.7 Å². The fraction of sp³-hybridized carbons (Fsp3) is 0.867. The summed E-state index contributed by atoms with van der Waals surface area (Å²) < 4.78 is 0. The van der Waals surface area contributed by atoms with Crippen LogP contribution in [0.2, 0.25) is 0 Å². The molecule has 3 saturated carbocycles. The van der Waals surface area contributed by atoms with Crippen molar-refractivity contribution in [2.75, 3.05) is 0 Å². The molecule has 0 saturated heterocycles. The largest absolute Gasteiger partial charge is 0.481 e. The Morgan fingerprint density at radius 3 is 2.42 bits per heavy atom. The molecule has 3 fully saturated rings. The number of aliphatic carboxylic acids is 1. The van der Waals surface area contributed by atoms with Crippen LogP contribution in [-0.2, 0) is 9.59 Å². The molecule has 0 aromatic rings. The van der Waals surface area contributed by atoms with Gasteiger partial charge in [0, 0.05) is 11.8 Å².